The minimum Gasteiger partial charge on any atom is -0.494 e. The van der Waals surface area contributed by atoms with Crippen molar-refractivity contribution in [3.63, 3.8) is 0 Å². The van der Waals surface area contributed by atoms with Crippen LogP contribution in [0, 0.1) is 24.0 Å². The number of thioether (sulfide) groups is 1. The van der Waals surface area contributed by atoms with E-state index in [9.17, 15) is 19.7 Å². The van der Waals surface area contributed by atoms with Crippen LogP contribution in [0.15, 0.2) is 53.0 Å². The number of carbonyl (C=O) groups is 2. The smallest absolute Gasteiger partial charge is 0.273 e. The first-order valence-electron chi connectivity index (χ1n) is 12.7. The fourth-order valence-corrected chi connectivity index (χ4v) is 5.80. The number of methoxy groups -OCH3 is 1. The molecule has 2 amide bonds. The van der Waals surface area contributed by atoms with Gasteiger partial charge < -0.3 is 10.1 Å². The van der Waals surface area contributed by atoms with Gasteiger partial charge in [0.05, 0.1) is 29.5 Å². The molecule has 1 aliphatic heterocycles. The first kappa shape index (κ1) is 27.4. The second-order valence-electron chi connectivity index (χ2n) is 9.53. The Kier molecular flexibility index (Phi) is 8.83. The number of nitrogens with zero attached hydrogens (tertiary/aromatic N) is 3. The van der Waals surface area contributed by atoms with Crippen LogP contribution in [-0.2, 0) is 9.59 Å². The number of allylic oxidation sites excluding steroid dienone is 1. The minimum atomic E-state index is -0.621. The number of non-ortho nitro benzene ring substituents is 1. The number of amides is 2. The number of nitrogens with one attached hydrogen (secondary N) is 1. The molecule has 200 valence electrons. The monoisotopic (exact) mass is 536 g/mol. The van der Waals surface area contributed by atoms with Crippen molar-refractivity contribution in [1.82, 2.24) is 4.90 Å². The third kappa shape index (κ3) is 6.61. The van der Waals surface area contributed by atoms with Crippen molar-refractivity contribution in [1.29, 1.82) is 0 Å². The van der Waals surface area contributed by atoms with Crippen LogP contribution in [0.3, 0.4) is 0 Å². The Bertz CT molecular complexity index is 1310. The van der Waals surface area contributed by atoms with E-state index >= 15 is 0 Å². The van der Waals surface area contributed by atoms with Crippen molar-refractivity contribution in [2.45, 2.75) is 57.6 Å². The van der Waals surface area contributed by atoms with Gasteiger partial charge in [0.15, 0.2) is 5.17 Å². The topological polar surface area (TPSA) is 114 Å². The van der Waals surface area contributed by atoms with E-state index in [2.05, 4.69) is 17.5 Å². The van der Waals surface area contributed by atoms with Crippen LogP contribution in [0.4, 0.5) is 17.1 Å². The molecule has 2 aromatic rings. The number of benzene rings is 2. The molecule has 1 saturated heterocycles. The molecule has 1 fully saturated rings. The maximum Gasteiger partial charge on any atom is 0.273 e. The molecule has 1 atom stereocenters. The zero-order valence-corrected chi connectivity index (χ0v) is 22.7. The Morgan fingerprint density at radius 1 is 1.24 bits per heavy atom. The third-order valence-corrected chi connectivity index (χ3v) is 7.85. The van der Waals surface area contributed by atoms with Crippen molar-refractivity contribution in [3.05, 3.63) is 69.3 Å². The summed E-state index contributed by atoms with van der Waals surface area (Å²) in [4.78, 5) is 43.5. The first-order chi connectivity index (χ1) is 18.2. The van der Waals surface area contributed by atoms with Crippen LogP contribution in [-0.4, -0.2) is 45.7 Å². The lowest BCUT2D eigenvalue weighted by Gasteiger charge is -2.19. The van der Waals surface area contributed by atoms with Gasteiger partial charge in [-0.3, -0.25) is 24.6 Å². The summed E-state index contributed by atoms with van der Waals surface area (Å²) in [5, 5.41) is 13.8. The average molecular weight is 537 g/mol. The second-order valence-corrected chi connectivity index (χ2v) is 10.7. The normalized spacial score (nSPS) is 18.4. The number of aliphatic imine (C=N–C) groups is 1. The number of rotatable bonds is 9. The molecule has 0 unspecified atom stereocenters. The van der Waals surface area contributed by atoms with Crippen LogP contribution in [0.2, 0.25) is 0 Å². The fourth-order valence-electron chi connectivity index (χ4n) is 4.62. The molecule has 2 aromatic carbocycles. The summed E-state index contributed by atoms with van der Waals surface area (Å²) in [6.07, 6.45) is 7.52. The molecule has 10 heteroatoms. The highest BCUT2D eigenvalue weighted by Crippen LogP contribution is 2.35. The number of nitro benzene ring substituents is 1. The van der Waals surface area contributed by atoms with E-state index in [0.717, 1.165) is 36.1 Å². The number of amidine groups is 1. The Balaban J connectivity index is 1.52. The van der Waals surface area contributed by atoms with E-state index in [1.165, 1.54) is 55.5 Å². The third-order valence-electron chi connectivity index (χ3n) is 6.67. The maximum atomic E-state index is 13.5. The van der Waals surface area contributed by atoms with Crippen molar-refractivity contribution in [2.75, 3.05) is 19.0 Å². The zero-order valence-electron chi connectivity index (χ0n) is 21.9. The zero-order chi connectivity index (χ0) is 27.2. The van der Waals surface area contributed by atoms with Gasteiger partial charge in [-0.05, 0) is 63.6 Å². The lowest BCUT2D eigenvalue weighted by atomic mass is 9.97. The fraction of sp³-hybridized carbons (Fsp3) is 0.393. The highest BCUT2D eigenvalue weighted by molar-refractivity contribution is 8.15. The van der Waals surface area contributed by atoms with E-state index < -0.39 is 10.2 Å². The molecule has 0 bridgehead atoms. The van der Waals surface area contributed by atoms with E-state index in [-0.39, 0.29) is 29.7 Å². The van der Waals surface area contributed by atoms with E-state index in [1.807, 2.05) is 26.0 Å². The van der Waals surface area contributed by atoms with Gasteiger partial charge in [-0.1, -0.05) is 41.1 Å². The average Bonchev–Trinajstić information content (AvgIpc) is 3.18. The lowest BCUT2D eigenvalue weighted by Crippen LogP contribution is -2.34. The Hall–Kier alpha value is -3.66. The van der Waals surface area contributed by atoms with Gasteiger partial charge in [0.1, 0.15) is 11.0 Å². The first-order valence-corrected chi connectivity index (χ1v) is 13.6. The largest absolute Gasteiger partial charge is 0.494 e. The van der Waals surface area contributed by atoms with Crippen molar-refractivity contribution in [2.24, 2.45) is 4.99 Å². The van der Waals surface area contributed by atoms with Crippen LogP contribution in [0.1, 0.15) is 49.7 Å². The molecule has 1 aliphatic carbocycles. The highest BCUT2D eigenvalue weighted by Gasteiger charge is 2.39. The number of ether oxygens (including phenoxy) is 1. The summed E-state index contributed by atoms with van der Waals surface area (Å²) in [6.45, 7) is 4.54. The van der Waals surface area contributed by atoms with Gasteiger partial charge in [-0.2, -0.15) is 0 Å². The molecular formula is C28H32N4O5S. The Morgan fingerprint density at radius 3 is 2.74 bits per heavy atom. The predicted molar refractivity (Wildman–Crippen MR) is 150 cm³/mol. The number of anilines is 1. The molecule has 1 N–H and O–H groups in total. The van der Waals surface area contributed by atoms with Crippen molar-refractivity contribution in [3.8, 4) is 5.75 Å². The summed E-state index contributed by atoms with van der Waals surface area (Å²) < 4.78 is 5.21. The second kappa shape index (κ2) is 12.3. The lowest BCUT2D eigenvalue weighted by molar-refractivity contribution is -0.384. The van der Waals surface area contributed by atoms with Crippen molar-refractivity contribution < 1.29 is 19.2 Å². The number of hydrogen-bond acceptors (Lipinski definition) is 7. The quantitative estimate of drug-likeness (QED) is 0.236. The van der Waals surface area contributed by atoms with Crippen LogP contribution in [0.25, 0.3) is 0 Å². The van der Waals surface area contributed by atoms with Gasteiger partial charge in [-0.15, -0.1) is 0 Å². The van der Waals surface area contributed by atoms with Gasteiger partial charge in [0, 0.05) is 19.0 Å². The molecule has 9 nitrogen and oxygen atoms in total. The Morgan fingerprint density at radius 2 is 2.05 bits per heavy atom. The minimum absolute atomic E-state index is 0.0608. The molecule has 2 aliphatic rings. The molecule has 0 radical (unpaired) electrons. The maximum absolute atomic E-state index is 13.5. The molecule has 4 rings (SSSR count). The van der Waals surface area contributed by atoms with Gasteiger partial charge in [0.2, 0.25) is 11.8 Å². The number of aryl methyl sites for hydroxylation is 2. The SMILES string of the molecule is COc1cc([N+](=O)[O-])ccc1NC(=O)C[C@@H]1SC(=Nc2ccc(C)cc2C)N(CCC2=CCCCC2)C1=O. The van der Waals surface area contributed by atoms with Gasteiger partial charge in [0.25, 0.3) is 5.69 Å². The van der Waals surface area contributed by atoms with Gasteiger partial charge in [-0.25, -0.2) is 4.99 Å². The number of hydrogen-bond donors (Lipinski definition) is 1. The molecule has 38 heavy (non-hydrogen) atoms. The molecule has 0 saturated carbocycles. The number of carbonyl (C=O) groups excluding carboxylic acids is 2. The summed E-state index contributed by atoms with van der Waals surface area (Å²) >= 11 is 1.30. The number of nitro groups is 1. The van der Waals surface area contributed by atoms with E-state index in [0.29, 0.717) is 17.4 Å². The van der Waals surface area contributed by atoms with Crippen LogP contribution >= 0.6 is 11.8 Å². The summed E-state index contributed by atoms with van der Waals surface area (Å²) in [5.74, 6) is -0.344. The summed E-state index contributed by atoms with van der Waals surface area (Å²) in [7, 11) is 1.38. The molecule has 0 spiro atoms. The van der Waals surface area contributed by atoms with Crippen molar-refractivity contribution >= 4 is 45.8 Å². The summed E-state index contributed by atoms with van der Waals surface area (Å²) in [6, 6.07) is 9.97. The van der Waals surface area contributed by atoms with Crippen LogP contribution < -0.4 is 10.1 Å². The van der Waals surface area contributed by atoms with Crippen LogP contribution in [0.5, 0.6) is 5.75 Å². The Labute approximate surface area is 226 Å². The highest BCUT2D eigenvalue weighted by atomic mass is 32.2. The summed E-state index contributed by atoms with van der Waals surface area (Å²) in [5.41, 5.74) is 4.49. The standard InChI is InChI=1S/C28H32N4O5S/c1-18-9-11-22(19(2)15-18)30-28-31(14-13-20-7-5-4-6-8-20)27(34)25(38-28)17-26(33)29-23-12-10-21(32(35)36)16-24(23)37-3/h7,9-12,15-16,25H,4-6,8,13-14,17H2,1-3H3,(H,29,33)/t25-/m0/s1. The predicted octanol–water partition coefficient (Wildman–Crippen LogP) is 6.07. The van der Waals surface area contributed by atoms with E-state index in [1.54, 1.807) is 4.90 Å². The van der Waals surface area contributed by atoms with Gasteiger partial charge >= 0.3 is 0 Å². The molecule has 1 heterocycles. The molecular weight excluding hydrogens is 504 g/mol. The van der Waals surface area contributed by atoms with E-state index in [4.69, 9.17) is 9.73 Å². The molecule has 0 aromatic heterocycles.